The van der Waals surface area contributed by atoms with Crippen molar-refractivity contribution in [2.45, 2.75) is 6.92 Å². The Kier molecular flexibility index (Phi) is 5.86. The van der Waals surface area contributed by atoms with Crippen LogP contribution in [0.5, 0.6) is 0 Å². The number of anilines is 1. The number of nitrogens with zero attached hydrogens (tertiary/aromatic N) is 1. The van der Waals surface area contributed by atoms with Crippen LogP contribution in [0.3, 0.4) is 0 Å². The Labute approximate surface area is 165 Å². The first-order chi connectivity index (χ1) is 13.5. The molecule has 0 fully saturated rings. The van der Waals surface area contributed by atoms with Gasteiger partial charge in [0.15, 0.2) is 17.2 Å². The summed E-state index contributed by atoms with van der Waals surface area (Å²) < 4.78 is 4.90. The van der Waals surface area contributed by atoms with Gasteiger partial charge < -0.3 is 15.0 Å². The van der Waals surface area contributed by atoms with Crippen LogP contribution in [0, 0.1) is 0 Å². The molecule has 7 nitrogen and oxygen atoms in total. The van der Waals surface area contributed by atoms with E-state index in [4.69, 9.17) is 16.3 Å². The molecule has 2 N–H and O–H groups in total. The molecule has 2 aromatic carbocycles. The second kappa shape index (κ2) is 8.49. The van der Waals surface area contributed by atoms with Crippen LogP contribution in [0.25, 0.3) is 0 Å². The number of carbonyl (C=O) groups excluding carboxylic acids is 3. The van der Waals surface area contributed by atoms with Gasteiger partial charge in [-0.05, 0) is 25.1 Å². The number of aromatic nitrogens is 2. The number of ketones is 1. The maximum Gasteiger partial charge on any atom is 0.357 e. The molecule has 0 radical (unpaired) electrons. The number of H-pyrrole nitrogens is 1. The van der Waals surface area contributed by atoms with Crippen molar-refractivity contribution in [2.75, 3.05) is 11.9 Å². The van der Waals surface area contributed by atoms with Gasteiger partial charge in [0.1, 0.15) is 0 Å². The number of aromatic amines is 1. The summed E-state index contributed by atoms with van der Waals surface area (Å²) in [6.07, 6.45) is 1.22. The summed E-state index contributed by atoms with van der Waals surface area (Å²) in [5.74, 6) is -1.65. The number of esters is 1. The molecule has 0 aliphatic rings. The first-order valence-corrected chi connectivity index (χ1v) is 8.80. The van der Waals surface area contributed by atoms with Crippen LogP contribution in [0.4, 0.5) is 5.69 Å². The average molecular weight is 398 g/mol. The molecule has 0 spiro atoms. The zero-order chi connectivity index (χ0) is 20.1. The van der Waals surface area contributed by atoms with Gasteiger partial charge in [-0.1, -0.05) is 41.9 Å². The minimum atomic E-state index is -0.693. The van der Waals surface area contributed by atoms with Crippen LogP contribution in [-0.4, -0.2) is 34.2 Å². The number of benzene rings is 2. The van der Waals surface area contributed by atoms with Crippen molar-refractivity contribution in [1.29, 1.82) is 0 Å². The summed E-state index contributed by atoms with van der Waals surface area (Å²) >= 11 is 6.04. The number of carbonyl (C=O) groups is 3. The van der Waals surface area contributed by atoms with Crippen molar-refractivity contribution in [3.8, 4) is 0 Å². The van der Waals surface area contributed by atoms with E-state index in [9.17, 15) is 14.4 Å². The highest BCUT2D eigenvalue weighted by Gasteiger charge is 2.23. The van der Waals surface area contributed by atoms with Crippen LogP contribution in [-0.2, 0) is 4.74 Å². The van der Waals surface area contributed by atoms with Gasteiger partial charge in [-0.2, -0.15) is 0 Å². The molecule has 0 atom stereocenters. The van der Waals surface area contributed by atoms with E-state index in [1.165, 1.54) is 18.5 Å². The Balaban J connectivity index is 1.92. The third-order valence-electron chi connectivity index (χ3n) is 3.84. The molecule has 3 rings (SSSR count). The monoisotopic (exact) mass is 397 g/mol. The topological polar surface area (TPSA) is 101 Å². The van der Waals surface area contributed by atoms with Gasteiger partial charge in [0.05, 0.1) is 18.6 Å². The van der Waals surface area contributed by atoms with Crippen molar-refractivity contribution in [1.82, 2.24) is 9.97 Å². The lowest BCUT2D eigenvalue weighted by atomic mass is 10.0. The Hall–Kier alpha value is -3.45. The molecule has 142 valence electrons. The number of imidazole rings is 1. The molecule has 28 heavy (non-hydrogen) atoms. The molecule has 0 saturated heterocycles. The van der Waals surface area contributed by atoms with E-state index < -0.39 is 11.9 Å². The van der Waals surface area contributed by atoms with Crippen molar-refractivity contribution in [3.05, 3.63) is 82.4 Å². The van der Waals surface area contributed by atoms with E-state index in [0.29, 0.717) is 10.6 Å². The van der Waals surface area contributed by atoms with E-state index in [1.807, 2.05) is 0 Å². The van der Waals surface area contributed by atoms with E-state index >= 15 is 0 Å². The molecule has 0 aliphatic heterocycles. The molecule has 0 unspecified atom stereocenters. The van der Waals surface area contributed by atoms with Crippen LogP contribution in [0.1, 0.15) is 43.8 Å². The third kappa shape index (κ3) is 4.10. The van der Waals surface area contributed by atoms with Gasteiger partial charge in [-0.15, -0.1) is 0 Å². The van der Waals surface area contributed by atoms with Crippen LogP contribution >= 0.6 is 11.6 Å². The molecule has 1 aromatic heterocycles. The smallest absolute Gasteiger partial charge is 0.357 e. The standard InChI is InChI=1S/C20H16ClN3O4/c1-2-28-20(27)17-16(22-11-23-17)19(26)24-15-9-8-13(21)10-14(15)18(25)12-6-4-3-5-7-12/h3-11H,2H2,1H3,(H,22,23)(H,24,26). The van der Waals surface area contributed by atoms with Crippen molar-refractivity contribution in [3.63, 3.8) is 0 Å². The Bertz CT molecular complexity index is 1030. The number of hydrogen-bond acceptors (Lipinski definition) is 5. The van der Waals surface area contributed by atoms with Crippen LogP contribution < -0.4 is 5.32 Å². The fraction of sp³-hybridized carbons (Fsp3) is 0.100. The number of ether oxygens (including phenoxy) is 1. The predicted octanol–water partition coefficient (Wildman–Crippen LogP) is 3.72. The van der Waals surface area contributed by atoms with Gasteiger partial charge in [0, 0.05) is 16.1 Å². The van der Waals surface area contributed by atoms with Crippen LogP contribution in [0.2, 0.25) is 5.02 Å². The van der Waals surface area contributed by atoms with Gasteiger partial charge >= 0.3 is 5.97 Å². The van der Waals surface area contributed by atoms with E-state index in [-0.39, 0.29) is 35.0 Å². The van der Waals surface area contributed by atoms with Crippen LogP contribution in [0.15, 0.2) is 54.9 Å². The Morgan fingerprint density at radius 1 is 1.14 bits per heavy atom. The van der Waals surface area contributed by atoms with Crippen molar-refractivity contribution >= 4 is 34.9 Å². The summed E-state index contributed by atoms with van der Waals surface area (Å²) in [6, 6.07) is 13.2. The van der Waals surface area contributed by atoms with Gasteiger partial charge in [0.25, 0.3) is 5.91 Å². The SMILES string of the molecule is CCOC(=O)c1[nH]cnc1C(=O)Nc1ccc(Cl)cc1C(=O)c1ccccc1. The van der Waals surface area contributed by atoms with Crippen molar-refractivity contribution in [2.24, 2.45) is 0 Å². The van der Waals surface area contributed by atoms with Gasteiger partial charge in [0.2, 0.25) is 0 Å². The molecule has 0 saturated carbocycles. The number of rotatable bonds is 6. The molecule has 0 bridgehead atoms. The summed E-state index contributed by atoms with van der Waals surface area (Å²) in [5.41, 5.74) is 0.726. The first-order valence-electron chi connectivity index (χ1n) is 8.42. The number of hydrogen-bond donors (Lipinski definition) is 2. The highest BCUT2D eigenvalue weighted by molar-refractivity contribution is 6.31. The fourth-order valence-electron chi connectivity index (χ4n) is 2.57. The molecule has 0 aliphatic carbocycles. The minimum absolute atomic E-state index is 0.0655. The highest BCUT2D eigenvalue weighted by Crippen LogP contribution is 2.24. The Morgan fingerprint density at radius 2 is 1.89 bits per heavy atom. The molecule has 1 amide bonds. The summed E-state index contributed by atoms with van der Waals surface area (Å²) in [7, 11) is 0. The lowest BCUT2D eigenvalue weighted by molar-refractivity contribution is 0.0517. The second-order valence-corrected chi connectivity index (χ2v) is 6.12. The first kappa shape index (κ1) is 19.3. The lowest BCUT2D eigenvalue weighted by Gasteiger charge is -2.11. The van der Waals surface area contributed by atoms with Gasteiger partial charge in [-0.25, -0.2) is 9.78 Å². The molecular weight excluding hydrogens is 382 g/mol. The maximum absolute atomic E-state index is 12.8. The third-order valence-corrected chi connectivity index (χ3v) is 4.08. The summed E-state index contributed by atoms with van der Waals surface area (Å²) in [5, 5.41) is 2.97. The van der Waals surface area contributed by atoms with Crippen molar-refractivity contribution < 1.29 is 19.1 Å². The van der Waals surface area contributed by atoms with E-state index in [2.05, 4.69) is 15.3 Å². The van der Waals surface area contributed by atoms with Gasteiger partial charge in [-0.3, -0.25) is 9.59 Å². The molecule has 3 aromatic rings. The lowest BCUT2D eigenvalue weighted by Crippen LogP contribution is -2.19. The zero-order valence-corrected chi connectivity index (χ0v) is 15.6. The quantitative estimate of drug-likeness (QED) is 0.487. The highest BCUT2D eigenvalue weighted by atomic mass is 35.5. The summed E-state index contributed by atoms with van der Waals surface area (Å²) in [4.78, 5) is 43.9. The normalized spacial score (nSPS) is 10.4. The molecular formula is C20H16ClN3O4. The second-order valence-electron chi connectivity index (χ2n) is 5.69. The van der Waals surface area contributed by atoms with E-state index in [0.717, 1.165) is 0 Å². The molecule has 8 heteroatoms. The number of amides is 1. The predicted molar refractivity (Wildman–Crippen MR) is 104 cm³/mol. The summed E-state index contributed by atoms with van der Waals surface area (Å²) in [6.45, 7) is 1.81. The largest absolute Gasteiger partial charge is 0.461 e. The number of halogens is 1. The zero-order valence-electron chi connectivity index (χ0n) is 14.9. The minimum Gasteiger partial charge on any atom is -0.461 e. The molecule has 1 heterocycles. The number of nitrogens with one attached hydrogen (secondary N) is 2. The fourth-order valence-corrected chi connectivity index (χ4v) is 2.74. The van der Waals surface area contributed by atoms with E-state index in [1.54, 1.807) is 43.3 Å². The Morgan fingerprint density at radius 3 is 2.61 bits per heavy atom. The average Bonchev–Trinajstić information content (AvgIpc) is 3.20. The maximum atomic E-state index is 12.8.